The van der Waals surface area contributed by atoms with E-state index < -0.39 is 10.5 Å². The molecule has 0 N–H and O–H groups in total. The summed E-state index contributed by atoms with van der Waals surface area (Å²) in [6.07, 6.45) is 3.07. The predicted molar refractivity (Wildman–Crippen MR) is 45.2 cm³/mol. The summed E-state index contributed by atoms with van der Waals surface area (Å²) in [6.45, 7) is 3.40. The molecule has 0 aromatic heterocycles. The summed E-state index contributed by atoms with van der Waals surface area (Å²) in [4.78, 5) is 9.93. The Morgan fingerprint density at radius 3 is 2.50 bits per heavy atom. The van der Waals surface area contributed by atoms with Gasteiger partial charge in [-0.1, -0.05) is 19.8 Å². The van der Waals surface area contributed by atoms with E-state index in [0.29, 0.717) is 6.42 Å². The smallest absolute Gasteiger partial charge is 0.263 e. The molecule has 0 radical (unpaired) electrons. The molecule has 0 fully saturated rings. The van der Waals surface area contributed by atoms with Gasteiger partial charge < -0.3 is 0 Å². The fraction of sp³-hybridized carbons (Fsp3) is 0.875. The molecule has 0 rings (SSSR count). The van der Waals surface area contributed by atoms with Gasteiger partial charge in [0.1, 0.15) is 6.07 Å². The van der Waals surface area contributed by atoms with Gasteiger partial charge in [-0.05, 0) is 6.42 Å². The van der Waals surface area contributed by atoms with E-state index in [9.17, 15) is 10.1 Å². The van der Waals surface area contributed by atoms with Gasteiger partial charge in [-0.3, -0.25) is 10.1 Å². The second kappa shape index (κ2) is 4.70. The molecule has 0 aliphatic heterocycles. The Labute approximate surface area is 72.3 Å². The van der Waals surface area contributed by atoms with Gasteiger partial charge in [0.05, 0.1) is 0 Å². The van der Waals surface area contributed by atoms with Crippen LogP contribution in [0.5, 0.6) is 0 Å². The van der Waals surface area contributed by atoms with Crippen LogP contribution in [0.15, 0.2) is 0 Å². The Kier molecular flexibility index (Phi) is 4.27. The summed E-state index contributed by atoms with van der Waals surface area (Å²) in [5.41, 5.74) is -1.38. The molecule has 4 nitrogen and oxygen atoms in total. The second-order valence-corrected chi connectivity index (χ2v) is 3.10. The van der Waals surface area contributed by atoms with Crippen molar-refractivity contribution in [3.8, 4) is 6.07 Å². The number of nitriles is 1. The molecule has 0 spiro atoms. The van der Waals surface area contributed by atoms with Crippen molar-refractivity contribution in [2.24, 2.45) is 0 Å². The van der Waals surface area contributed by atoms with Crippen molar-refractivity contribution in [2.75, 3.05) is 0 Å². The summed E-state index contributed by atoms with van der Waals surface area (Å²) in [6, 6.07) is 1.74. The molecule has 0 amide bonds. The Bertz CT molecular complexity index is 198. The summed E-state index contributed by atoms with van der Waals surface area (Å²) < 4.78 is 0. The quantitative estimate of drug-likeness (QED) is 0.360. The molecule has 4 heteroatoms. The molecular formula is C8H14N2O2. The van der Waals surface area contributed by atoms with E-state index in [1.165, 1.54) is 6.92 Å². The highest BCUT2D eigenvalue weighted by atomic mass is 16.6. The number of nitro groups is 1. The average Bonchev–Trinajstić information content (AvgIpc) is 2.04. The molecule has 0 heterocycles. The minimum absolute atomic E-state index is 0.352. The maximum atomic E-state index is 10.4. The molecular weight excluding hydrogens is 156 g/mol. The molecule has 0 saturated heterocycles. The maximum Gasteiger partial charge on any atom is 0.302 e. The lowest BCUT2D eigenvalue weighted by Crippen LogP contribution is -2.32. The third kappa shape index (κ3) is 2.87. The number of rotatable bonds is 5. The van der Waals surface area contributed by atoms with Gasteiger partial charge in [0.2, 0.25) is 0 Å². The van der Waals surface area contributed by atoms with Crippen LogP contribution in [0, 0.1) is 21.4 Å². The molecule has 0 aromatic carbocycles. The first kappa shape index (κ1) is 10.9. The molecule has 12 heavy (non-hydrogen) atoms. The molecule has 68 valence electrons. The average molecular weight is 170 g/mol. The van der Waals surface area contributed by atoms with Gasteiger partial charge in [0, 0.05) is 18.3 Å². The van der Waals surface area contributed by atoms with Crippen LogP contribution >= 0.6 is 0 Å². The fourth-order valence-electron chi connectivity index (χ4n) is 0.907. The normalized spacial score (nSPS) is 14.8. The van der Waals surface area contributed by atoms with Crippen LogP contribution in [0.1, 0.15) is 39.5 Å². The van der Waals surface area contributed by atoms with E-state index >= 15 is 0 Å². The highest BCUT2D eigenvalue weighted by Gasteiger charge is 2.35. The van der Waals surface area contributed by atoms with Gasteiger partial charge in [-0.15, -0.1) is 0 Å². The lowest BCUT2D eigenvalue weighted by Gasteiger charge is -2.11. The first-order chi connectivity index (χ1) is 5.56. The first-order valence-electron chi connectivity index (χ1n) is 4.12. The molecule has 0 saturated carbocycles. The topological polar surface area (TPSA) is 66.9 Å². The zero-order valence-corrected chi connectivity index (χ0v) is 7.54. The van der Waals surface area contributed by atoms with Crippen LogP contribution in [0.3, 0.4) is 0 Å². The van der Waals surface area contributed by atoms with Crippen molar-refractivity contribution >= 4 is 0 Å². The molecule has 0 aliphatic rings. The third-order valence-electron chi connectivity index (χ3n) is 1.91. The minimum Gasteiger partial charge on any atom is -0.263 e. The van der Waals surface area contributed by atoms with Gasteiger partial charge in [0.15, 0.2) is 0 Å². The van der Waals surface area contributed by atoms with Gasteiger partial charge in [0.25, 0.3) is 0 Å². The summed E-state index contributed by atoms with van der Waals surface area (Å²) in [7, 11) is 0. The van der Waals surface area contributed by atoms with Crippen LogP contribution in [0.4, 0.5) is 0 Å². The van der Waals surface area contributed by atoms with Gasteiger partial charge >= 0.3 is 5.54 Å². The van der Waals surface area contributed by atoms with E-state index in [2.05, 4.69) is 0 Å². The largest absolute Gasteiger partial charge is 0.302 e. The van der Waals surface area contributed by atoms with Crippen molar-refractivity contribution < 1.29 is 4.92 Å². The fourth-order valence-corrected chi connectivity index (χ4v) is 0.907. The highest BCUT2D eigenvalue weighted by Crippen LogP contribution is 2.17. The summed E-state index contributed by atoms with van der Waals surface area (Å²) in [5.74, 6) is 0. The monoisotopic (exact) mass is 170 g/mol. The van der Waals surface area contributed by atoms with Crippen molar-refractivity contribution in [1.82, 2.24) is 0 Å². The summed E-state index contributed by atoms with van der Waals surface area (Å²) in [5, 5.41) is 19.0. The Morgan fingerprint density at radius 1 is 1.58 bits per heavy atom. The van der Waals surface area contributed by atoms with E-state index in [4.69, 9.17) is 5.26 Å². The number of hydrogen-bond donors (Lipinski definition) is 0. The number of nitrogens with zero attached hydrogens (tertiary/aromatic N) is 2. The van der Waals surface area contributed by atoms with Crippen LogP contribution in [-0.2, 0) is 0 Å². The standard InChI is InChI=1S/C8H14N2O2/c1-3-4-5-6-8(2,7-9)10(11)12/h3-6H2,1-2H3/t8-/m0/s1. The lowest BCUT2D eigenvalue weighted by molar-refractivity contribution is -0.548. The van der Waals surface area contributed by atoms with Gasteiger partial charge in [-0.2, -0.15) is 5.26 Å². The molecule has 0 aliphatic carbocycles. The van der Waals surface area contributed by atoms with E-state index in [1.54, 1.807) is 6.07 Å². The molecule has 0 unspecified atom stereocenters. The highest BCUT2D eigenvalue weighted by molar-refractivity contribution is 4.96. The zero-order valence-electron chi connectivity index (χ0n) is 7.54. The van der Waals surface area contributed by atoms with Crippen molar-refractivity contribution in [1.29, 1.82) is 5.26 Å². The Morgan fingerprint density at radius 2 is 2.17 bits per heavy atom. The van der Waals surface area contributed by atoms with Crippen molar-refractivity contribution in [3.05, 3.63) is 10.1 Å². The number of hydrogen-bond acceptors (Lipinski definition) is 3. The Balaban J connectivity index is 4.00. The molecule has 0 aromatic rings. The van der Waals surface area contributed by atoms with Crippen LogP contribution < -0.4 is 0 Å². The third-order valence-corrected chi connectivity index (χ3v) is 1.91. The minimum atomic E-state index is -1.38. The van der Waals surface area contributed by atoms with E-state index in [-0.39, 0.29) is 0 Å². The SMILES string of the molecule is CCCCC[C@@](C)(C#N)[N+](=O)[O-]. The number of unbranched alkanes of at least 4 members (excludes halogenated alkanes) is 2. The molecule has 1 atom stereocenters. The first-order valence-corrected chi connectivity index (χ1v) is 4.12. The van der Waals surface area contributed by atoms with Crippen LogP contribution in [0.25, 0.3) is 0 Å². The van der Waals surface area contributed by atoms with E-state index in [1.807, 2.05) is 6.92 Å². The lowest BCUT2D eigenvalue weighted by atomic mass is 9.97. The molecule has 0 bridgehead atoms. The maximum absolute atomic E-state index is 10.4. The van der Waals surface area contributed by atoms with Crippen molar-refractivity contribution in [2.45, 2.75) is 45.1 Å². The second-order valence-electron chi connectivity index (χ2n) is 3.10. The van der Waals surface area contributed by atoms with Gasteiger partial charge in [-0.25, -0.2) is 0 Å². The van der Waals surface area contributed by atoms with Crippen LogP contribution in [-0.4, -0.2) is 10.5 Å². The Hall–Kier alpha value is -1.11. The predicted octanol–water partition coefficient (Wildman–Crippen LogP) is 2.13. The van der Waals surface area contributed by atoms with Crippen LogP contribution in [0.2, 0.25) is 0 Å². The zero-order chi connectivity index (χ0) is 9.61. The van der Waals surface area contributed by atoms with E-state index in [0.717, 1.165) is 19.3 Å². The van der Waals surface area contributed by atoms with Crippen molar-refractivity contribution in [3.63, 3.8) is 0 Å². The summed E-state index contributed by atoms with van der Waals surface area (Å²) >= 11 is 0.